The molecule has 0 aromatic carbocycles. The van der Waals surface area contributed by atoms with Crippen molar-refractivity contribution in [2.24, 2.45) is 23.7 Å². The van der Waals surface area contributed by atoms with E-state index in [9.17, 15) is 14.4 Å². The maximum absolute atomic E-state index is 14.9. The molecular weight excluding hydrogens is 725 g/mol. The molecule has 4 aliphatic carbocycles. The smallest absolute Gasteiger partial charge is 0.243 e. The highest BCUT2D eigenvalue weighted by atomic mass is 16.7. The third-order valence-electron chi connectivity index (χ3n) is 16.6. The van der Waals surface area contributed by atoms with E-state index >= 15 is 0 Å². The zero-order valence-corrected chi connectivity index (χ0v) is 36.9. The Morgan fingerprint density at radius 3 is 1.93 bits per heavy atom. The zero-order chi connectivity index (χ0) is 40.4. The molecule has 10 heteroatoms. The minimum atomic E-state index is -0.956. The molecule has 7 aliphatic rings. The molecule has 0 spiro atoms. The summed E-state index contributed by atoms with van der Waals surface area (Å²) >= 11 is 0. The number of hydrogen-bond donors (Lipinski definition) is 5. The van der Waals surface area contributed by atoms with Gasteiger partial charge in [0.25, 0.3) is 0 Å². The molecule has 58 heavy (non-hydrogen) atoms. The Labute approximate surface area is 352 Å². The fraction of sp³-hybridized carbons (Fsp3) is 0.938. The fourth-order valence-corrected chi connectivity index (χ4v) is 13.2. The van der Waals surface area contributed by atoms with Crippen LogP contribution in [0.4, 0.5) is 0 Å². The van der Waals surface area contributed by atoms with Crippen LogP contribution in [-0.2, 0) is 19.2 Å². The Hall–Kier alpha value is -1.75. The molecule has 0 aromatic heterocycles. The Balaban J connectivity index is 1.08. The summed E-state index contributed by atoms with van der Waals surface area (Å²) in [6.45, 7) is 5.98. The third kappa shape index (κ3) is 11.2. The van der Waals surface area contributed by atoms with Crippen molar-refractivity contribution in [1.29, 1.82) is 0 Å². The first-order valence-corrected chi connectivity index (χ1v) is 25.1. The van der Waals surface area contributed by atoms with E-state index in [0.29, 0.717) is 30.2 Å². The van der Waals surface area contributed by atoms with Crippen LogP contribution >= 0.6 is 0 Å². The van der Waals surface area contributed by atoms with Crippen LogP contribution in [0.2, 0.25) is 0 Å². The van der Waals surface area contributed by atoms with E-state index in [2.05, 4.69) is 45.5 Å². The number of nitrogens with zero attached hydrogens (tertiary/aromatic N) is 1. The molecule has 3 saturated heterocycles. The topological polar surface area (TPSA) is 124 Å². The fourth-order valence-electron chi connectivity index (χ4n) is 13.2. The summed E-state index contributed by atoms with van der Waals surface area (Å²) in [4.78, 5) is 51.9. The molecule has 0 aromatic rings. The van der Waals surface area contributed by atoms with Gasteiger partial charge in [0, 0.05) is 31.6 Å². The highest BCUT2D eigenvalue weighted by molar-refractivity contribution is 5.93. The second kappa shape index (κ2) is 21.4. The minimum absolute atomic E-state index is 0.00631. The van der Waals surface area contributed by atoms with Crippen LogP contribution in [0.3, 0.4) is 0 Å². The Morgan fingerprint density at radius 2 is 1.28 bits per heavy atom. The predicted octanol–water partition coefficient (Wildman–Crippen LogP) is 8.33. The number of rotatable bonds is 12. The first-order valence-electron chi connectivity index (χ1n) is 25.1. The summed E-state index contributed by atoms with van der Waals surface area (Å²) in [7, 11) is 0. The van der Waals surface area contributed by atoms with E-state index in [-0.39, 0.29) is 36.2 Å². The number of likely N-dealkylation sites (tertiary alicyclic amines) is 1. The van der Waals surface area contributed by atoms with Crippen molar-refractivity contribution < 1.29 is 19.2 Å². The SMILES string of the molecule is C[C@H](NC(=O)[C@H](CC(=O)N1CCC[C@@H]1C1CCCCC1)NC(=O)C1CC(C)(C2CCCCCC2)ON1)C1(C2CCCCCCCCC2)NCC(CC2CCCCC2)N1. The molecule has 4 unspecified atom stereocenters. The second-order valence-electron chi connectivity index (χ2n) is 20.7. The summed E-state index contributed by atoms with van der Waals surface area (Å²) in [5.41, 5.74) is 2.24. The number of nitrogens with one attached hydrogen (secondary N) is 5. The lowest BCUT2D eigenvalue weighted by Crippen LogP contribution is -2.69. The van der Waals surface area contributed by atoms with Crippen molar-refractivity contribution >= 4 is 17.7 Å². The van der Waals surface area contributed by atoms with E-state index in [0.717, 1.165) is 57.5 Å². The number of hydrogen-bond acceptors (Lipinski definition) is 7. The van der Waals surface area contributed by atoms with E-state index < -0.39 is 23.3 Å². The molecule has 7 fully saturated rings. The molecule has 7 rings (SSSR count). The first kappa shape index (κ1) is 44.3. The molecule has 0 bridgehead atoms. The van der Waals surface area contributed by atoms with Crippen molar-refractivity contribution in [2.45, 2.75) is 248 Å². The Kier molecular flexibility index (Phi) is 16.3. The highest BCUT2D eigenvalue weighted by Crippen LogP contribution is 2.40. The first-order chi connectivity index (χ1) is 28.2. The van der Waals surface area contributed by atoms with Gasteiger partial charge in [-0.3, -0.25) is 29.9 Å². The van der Waals surface area contributed by atoms with Crippen molar-refractivity contribution in [2.75, 3.05) is 13.1 Å². The van der Waals surface area contributed by atoms with Gasteiger partial charge in [0.1, 0.15) is 12.1 Å². The van der Waals surface area contributed by atoms with E-state index in [1.54, 1.807) is 0 Å². The molecule has 7 atom stereocenters. The van der Waals surface area contributed by atoms with Gasteiger partial charge in [-0.25, -0.2) is 0 Å². The van der Waals surface area contributed by atoms with Gasteiger partial charge >= 0.3 is 0 Å². The van der Waals surface area contributed by atoms with Crippen molar-refractivity contribution in [3.63, 3.8) is 0 Å². The molecular formula is C48H84N6O4. The Bertz CT molecular complexity index is 1300. The summed E-state index contributed by atoms with van der Waals surface area (Å²) in [6, 6.07) is -1.13. The summed E-state index contributed by atoms with van der Waals surface area (Å²) in [5.74, 6) is 1.62. The van der Waals surface area contributed by atoms with Crippen LogP contribution in [0.1, 0.15) is 206 Å². The standard InChI is InChI=1S/C48H84N6O4/c1-35(48(39-27-18-6-4-3-5-7-19-28-39)49-34-40(52-48)31-36-21-12-10-13-22-36)50-45(56)41(32-44(55)54-30-20-29-43(54)37-23-14-11-15-24-37)51-46(57)42-33-47(2,58-53-42)38-25-16-8-9-17-26-38/h35-43,49,52-53H,3-34H2,1-2H3,(H,50,56)(H,51,57)/t35-,40?,41-,42?,43+,47?,48?/m0/s1. The largest absolute Gasteiger partial charge is 0.349 e. The average molecular weight is 809 g/mol. The average Bonchev–Trinajstić information content (AvgIpc) is 3.95. The van der Waals surface area contributed by atoms with Crippen LogP contribution in [0.25, 0.3) is 0 Å². The van der Waals surface area contributed by atoms with Crippen LogP contribution in [0.15, 0.2) is 0 Å². The van der Waals surface area contributed by atoms with E-state index in [1.165, 1.54) is 141 Å². The summed E-state index contributed by atoms with van der Waals surface area (Å²) in [5, 5.41) is 14.9. The molecule has 3 heterocycles. The second-order valence-corrected chi connectivity index (χ2v) is 20.7. The maximum atomic E-state index is 14.9. The van der Waals surface area contributed by atoms with E-state index in [1.807, 2.05) is 0 Å². The van der Waals surface area contributed by atoms with Crippen molar-refractivity contribution in [3.8, 4) is 0 Å². The van der Waals surface area contributed by atoms with Crippen molar-refractivity contribution in [3.05, 3.63) is 0 Å². The van der Waals surface area contributed by atoms with Gasteiger partial charge in [0.2, 0.25) is 17.7 Å². The molecule has 3 amide bonds. The van der Waals surface area contributed by atoms with Gasteiger partial charge in [-0.15, -0.1) is 0 Å². The van der Waals surface area contributed by atoms with Gasteiger partial charge in [0.15, 0.2) is 0 Å². The van der Waals surface area contributed by atoms with Gasteiger partial charge < -0.3 is 15.5 Å². The van der Waals surface area contributed by atoms with Crippen LogP contribution in [-0.4, -0.2) is 77.2 Å². The number of carbonyl (C=O) groups excluding carboxylic acids is 3. The normalized spacial score (nSPS) is 34.3. The number of amides is 3. The van der Waals surface area contributed by atoms with Gasteiger partial charge in [-0.1, -0.05) is 122 Å². The maximum Gasteiger partial charge on any atom is 0.243 e. The van der Waals surface area contributed by atoms with E-state index in [4.69, 9.17) is 4.84 Å². The minimum Gasteiger partial charge on any atom is -0.349 e. The molecule has 3 aliphatic heterocycles. The summed E-state index contributed by atoms with van der Waals surface area (Å²) in [6.07, 6.45) is 35.0. The van der Waals surface area contributed by atoms with Gasteiger partial charge in [-0.2, -0.15) is 5.48 Å². The van der Waals surface area contributed by atoms with Crippen LogP contribution in [0, 0.1) is 23.7 Å². The monoisotopic (exact) mass is 809 g/mol. The predicted molar refractivity (Wildman–Crippen MR) is 232 cm³/mol. The lowest BCUT2D eigenvalue weighted by Gasteiger charge is -2.44. The van der Waals surface area contributed by atoms with Gasteiger partial charge in [0.05, 0.1) is 23.7 Å². The Morgan fingerprint density at radius 1 is 0.707 bits per heavy atom. The number of hydroxylamine groups is 1. The highest BCUT2D eigenvalue weighted by Gasteiger charge is 2.50. The quantitative estimate of drug-likeness (QED) is 0.126. The summed E-state index contributed by atoms with van der Waals surface area (Å²) < 4.78 is 0. The van der Waals surface area contributed by atoms with Crippen molar-refractivity contribution in [1.82, 2.24) is 31.6 Å². The third-order valence-corrected chi connectivity index (χ3v) is 16.6. The number of carbonyl (C=O) groups is 3. The molecule has 5 N–H and O–H groups in total. The van der Waals surface area contributed by atoms with Crippen LogP contribution in [0.5, 0.6) is 0 Å². The molecule has 0 radical (unpaired) electrons. The van der Waals surface area contributed by atoms with Gasteiger partial charge in [-0.05, 0) is 95.3 Å². The lowest BCUT2D eigenvalue weighted by molar-refractivity contribution is -0.138. The van der Waals surface area contributed by atoms with Crippen LogP contribution < -0.4 is 26.7 Å². The lowest BCUT2D eigenvalue weighted by atomic mass is 9.78. The molecule has 4 saturated carbocycles. The molecule has 330 valence electrons. The zero-order valence-electron chi connectivity index (χ0n) is 36.9. The molecule has 10 nitrogen and oxygen atoms in total.